The lowest BCUT2D eigenvalue weighted by Gasteiger charge is -2.40. The molecule has 0 radical (unpaired) electrons. The van der Waals surface area contributed by atoms with Gasteiger partial charge in [-0.2, -0.15) is 13.2 Å². The zero-order chi connectivity index (χ0) is 28.9. The Labute approximate surface area is 238 Å². The zero-order valence-corrected chi connectivity index (χ0v) is 22.6. The molecule has 3 heterocycles. The normalized spacial score (nSPS) is 17.8. The monoisotopic (exact) mass is 579 g/mol. The average molecular weight is 580 g/mol. The molecule has 3 aromatic carbocycles. The summed E-state index contributed by atoms with van der Waals surface area (Å²) in [4.78, 5) is 13.8. The third-order valence-electron chi connectivity index (χ3n) is 7.76. The van der Waals surface area contributed by atoms with Crippen LogP contribution in [0.2, 0.25) is 5.02 Å². The molecule has 2 aromatic heterocycles. The van der Waals surface area contributed by atoms with Crippen LogP contribution in [-0.2, 0) is 18.5 Å². The number of carbonyl (C=O) groups is 1. The number of halogens is 4. The molecule has 0 fully saturated rings. The fourth-order valence-corrected chi connectivity index (χ4v) is 6.04. The Kier molecular flexibility index (Phi) is 6.62. The van der Waals surface area contributed by atoms with Crippen LogP contribution in [0.3, 0.4) is 0 Å². The first-order chi connectivity index (χ1) is 19.6. The van der Waals surface area contributed by atoms with E-state index in [9.17, 15) is 23.1 Å². The van der Waals surface area contributed by atoms with E-state index in [0.717, 1.165) is 11.1 Å². The number of rotatable bonds is 5. The number of nitrogens with one attached hydrogen (secondary N) is 1. The van der Waals surface area contributed by atoms with Crippen molar-refractivity contribution < 1.29 is 23.1 Å². The van der Waals surface area contributed by atoms with E-state index in [1.54, 1.807) is 46.4 Å². The molecule has 6 rings (SSSR count). The lowest BCUT2D eigenvalue weighted by molar-refractivity contribution is -0.206. The van der Waals surface area contributed by atoms with Crippen molar-refractivity contribution in [3.63, 3.8) is 0 Å². The third kappa shape index (κ3) is 4.76. The molecular formula is C30H25ClF3N5O2. The lowest BCUT2D eigenvalue weighted by atomic mass is 9.81. The van der Waals surface area contributed by atoms with Crippen LogP contribution in [0.25, 0.3) is 16.6 Å². The largest absolute Gasteiger partial charge is 0.418 e. The fraction of sp³-hybridized carbons (Fsp3) is 0.233. The first kappa shape index (κ1) is 27.0. The van der Waals surface area contributed by atoms with Gasteiger partial charge in [-0.05, 0) is 55.7 Å². The second-order valence-electron chi connectivity index (χ2n) is 10.3. The second-order valence-corrected chi connectivity index (χ2v) is 10.8. The standard InChI is InChI=1S/C30H25ClF3N5O2/c1-18-7-10-24-22(13-18)26(27(40)30(32,33)34)25-11-12-29(15-39(24)25,19-5-3-2-4-6-19)37-28(41)21-9-8-20(14-23(21)31)38-16-35-36-17-38/h2-10,13-14,16-17,27,40H,11-12,15H2,1H3,(H,37,41)/t27?,29-/m1/s1. The van der Waals surface area contributed by atoms with E-state index in [-0.39, 0.29) is 29.1 Å². The molecule has 5 aromatic rings. The maximum atomic E-state index is 13.8. The van der Waals surface area contributed by atoms with E-state index in [1.807, 2.05) is 36.4 Å². The van der Waals surface area contributed by atoms with Crippen molar-refractivity contribution in [2.45, 2.75) is 44.1 Å². The average Bonchev–Trinajstić information content (AvgIpc) is 3.59. The number of aryl methyl sites for hydroxylation is 1. The van der Waals surface area contributed by atoms with E-state index in [4.69, 9.17) is 11.6 Å². The van der Waals surface area contributed by atoms with Crippen molar-refractivity contribution in [1.29, 1.82) is 0 Å². The summed E-state index contributed by atoms with van der Waals surface area (Å²) >= 11 is 6.55. The van der Waals surface area contributed by atoms with Crippen LogP contribution in [0, 0.1) is 6.92 Å². The maximum absolute atomic E-state index is 13.8. The Bertz CT molecular complexity index is 1750. The predicted molar refractivity (Wildman–Crippen MR) is 148 cm³/mol. The number of alkyl halides is 3. The predicted octanol–water partition coefficient (Wildman–Crippen LogP) is 6.05. The van der Waals surface area contributed by atoms with Gasteiger partial charge in [-0.25, -0.2) is 0 Å². The van der Waals surface area contributed by atoms with Crippen molar-refractivity contribution in [3.8, 4) is 5.69 Å². The van der Waals surface area contributed by atoms with E-state index >= 15 is 0 Å². The van der Waals surface area contributed by atoms with Gasteiger partial charge in [0.15, 0.2) is 6.10 Å². The summed E-state index contributed by atoms with van der Waals surface area (Å²) in [6, 6.07) is 19.6. The van der Waals surface area contributed by atoms with Gasteiger partial charge in [-0.3, -0.25) is 9.36 Å². The highest BCUT2D eigenvalue weighted by molar-refractivity contribution is 6.34. The molecule has 7 nitrogen and oxygen atoms in total. The number of hydrogen-bond donors (Lipinski definition) is 2. The molecule has 2 N–H and O–H groups in total. The second kappa shape index (κ2) is 10.0. The van der Waals surface area contributed by atoms with Gasteiger partial charge in [0.2, 0.25) is 0 Å². The molecule has 210 valence electrons. The summed E-state index contributed by atoms with van der Waals surface area (Å²) in [5.41, 5.74) is 2.41. The van der Waals surface area contributed by atoms with Gasteiger partial charge in [0, 0.05) is 27.8 Å². The Balaban J connectivity index is 1.44. The highest BCUT2D eigenvalue weighted by Gasteiger charge is 2.46. The molecule has 11 heteroatoms. The number of carbonyl (C=O) groups excluding carboxylic acids is 1. The topological polar surface area (TPSA) is 85.0 Å². The van der Waals surface area contributed by atoms with Crippen LogP contribution in [-0.4, -0.2) is 36.5 Å². The summed E-state index contributed by atoms with van der Waals surface area (Å²) in [6.07, 6.45) is -3.90. The van der Waals surface area contributed by atoms with Gasteiger partial charge in [0.1, 0.15) is 12.7 Å². The maximum Gasteiger partial charge on any atom is 0.418 e. The molecule has 0 aliphatic carbocycles. The zero-order valence-electron chi connectivity index (χ0n) is 21.9. The molecule has 1 unspecified atom stereocenters. The SMILES string of the molecule is Cc1ccc2c(c1)c(C(O)C(F)(F)F)c1n2C[C@@](NC(=O)c2ccc(-n3cnnc3)cc2Cl)(c2ccccc2)CC1. The number of fused-ring (bicyclic) bond motifs is 3. The lowest BCUT2D eigenvalue weighted by Crippen LogP contribution is -2.51. The van der Waals surface area contributed by atoms with E-state index in [0.29, 0.717) is 28.7 Å². The van der Waals surface area contributed by atoms with Gasteiger partial charge in [0.05, 0.1) is 22.7 Å². The molecule has 1 amide bonds. The summed E-state index contributed by atoms with van der Waals surface area (Å²) in [7, 11) is 0. The van der Waals surface area contributed by atoms with Gasteiger partial charge in [-0.1, -0.05) is 53.6 Å². The molecular weight excluding hydrogens is 555 g/mol. The quantitative estimate of drug-likeness (QED) is 0.265. The summed E-state index contributed by atoms with van der Waals surface area (Å²) in [5, 5.41) is 21.8. The molecule has 0 bridgehead atoms. The summed E-state index contributed by atoms with van der Waals surface area (Å²) < 4.78 is 44.9. The highest BCUT2D eigenvalue weighted by atomic mass is 35.5. The molecule has 0 saturated heterocycles. The molecule has 41 heavy (non-hydrogen) atoms. The van der Waals surface area contributed by atoms with Gasteiger partial charge >= 0.3 is 6.18 Å². The van der Waals surface area contributed by atoms with Crippen molar-refractivity contribution in [2.24, 2.45) is 0 Å². The number of aliphatic hydroxyl groups is 1. The minimum atomic E-state index is -4.82. The van der Waals surface area contributed by atoms with Crippen molar-refractivity contribution in [3.05, 3.63) is 112 Å². The van der Waals surface area contributed by atoms with Gasteiger partial charge in [-0.15, -0.1) is 10.2 Å². The smallest absolute Gasteiger partial charge is 0.379 e. The number of hydrogen-bond acceptors (Lipinski definition) is 4. The van der Waals surface area contributed by atoms with Crippen LogP contribution < -0.4 is 5.32 Å². The number of nitrogens with zero attached hydrogens (tertiary/aromatic N) is 4. The Morgan fingerprint density at radius 1 is 1.07 bits per heavy atom. The van der Waals surface area contributed by atoms with Crippen LogP contribution in [0.1, 0.15) is 45.3 Å². The van der Waals surface area contributed by atoms with Gasteiger partial charge < -0.3 is 15.0 Å². The molecule has 1 aliphatic heterocycles. The van der Waals surface area contributed by atoms with Crippen LogP contribution in [0.5, 0.6) is 0 Å². The number of aliphatic hydroxyl groups excluding tert-OH is 1. The first-order valence-electron chi connectivity index (χ1n) is 13.0. The van der Waals surface area contributed by atoms with E-state index < -0.39 is 23.7 Å². The third-order valence-corrected chi connectivity index (χ3v) is 8.08. The number of aromatic nitrogens is 4. The van der Waals surface area contributed by atoms with E-state index in [2.05, 4.69) is 15.5 Å². The molecule has 0 spiro atoms. The molecule has 0 saturated carbocycles. The first-order valence-corrected chi connectivity index (χ1v) is 13.3. The van der Waals surface area contributed by atoms with Crippen LogP contribution in [0.15, 0.2) is 79.4 Å². The minimum Gasteiger partial charge on any atom is -0.379 e. The number of benzene rings is 3. The Morgan fingerprint density at radius 3 is 2.49 bits per heavy atom. The number of amides is 1. The Morgan fingerprint density at radius 2 is 1.80 bits per heavy atom. The van der Waals surface area contributed by atoms with Crippen molar-refractivity contribution in [2.75, 3.05) is 0 Å². The van der Waals surface area contributed by atoms with Crippen LogP contribution in [0.4, 0.5) is 13.2 Å². The summed E-state index contributed by atoms with van der Waals surface area (Å²) in [5.74, 6) is -0.416. The molecule has 1 aliphatic rings. The van der Waals surface area contributed by atoms with Crippen molar-refractivity contribution in [1.82, 2.24) is 24.6 Å². The Hall–Kier alpha value is -4.15. The van der Waals surface area contributed by atoms with Crippen molar-refractivity contribution >= 4 is 28.4 Å². The summed E-state index contributed by atoms with van der Waals surface area (Å²) in [6.45, 7) is 1.96. The van der Waals surface area contributed by atoms with Crippen LogP contribution >= 0.6 is 11.6 Å². The fourth-order valence-electron chi connectivity index (χ4n) is 5.78. The van der Waals surface area contributed by atoms with E-state index in [1.165, 1.54) is 12.7 Å². The van der Waals surface area contributed by atoms with Gasteiger partial charge in [0.25, 0.3) is 5.91 Å². The highest BCUT2D eigenvalue weighted by Crippen LogP contribution is 2.45. The minimum absolute atomic E-state index is 0.128. The molecule has 2 atom stereocenters.